The van der Waals surface area contributed by atoms with Gasteiger partial charge < -0.3 is 9.47 Å². The van der Waals surface area contributed by atoms with Crippen LogP contribution in [0.4, 0.5) is 18.0 Å². The van der Waals surface area contributed by atoms with Crippen molar-refractivity contribution in [1.82, 2.24) is 5.32 Å². The number of nitrogens with one attached hydrogen (secondary N) is 1. The molecule has 100 valence electrons. The zero-order valence-corrected chi connectivity index (χ0v) is 9.37. The third-order valence-electron chi connectivity index (χ3n) is 1.80. The Hall–Kier alpha value is -1.76. The van der Waals surface area contributed by atoms with Crippen LogP contribution in [0.1, 0.15) is 5.56 Å². The first kappa shape index (κ1) is 14.3. The number of hydrogen-bond donors (Lipinski definition) is 1. The summed E-state index contributed by atoms with van der Waals surface area (Å²) in [4.78, 5) is 11.0. The van der Waals surface area contributed by atoms with Gasteiger partial charge in [-0.05, 0) is 5.56 Å². The van der Waals surface area contributed by atoms with Gasteiger partial charge in [0.1, 0.15) is 19.9 Å². The normalized spacial score (nSPS) is 11.1. The first-order valence-corrected chi connectivity index (χ1v) is 5.06. The first-order chi connectivity index (χ1) is 8.47. The van der Waals surface area contributed by atoms with Gasteiger partial charge >= 0.3 is 12.3 Å². The van der Waals surface area contributed by atoms with Crippen molar-refractivity contribution in [2.75, 3.05) is 13.3 Å². The van der Waals surface area contributed by atoms with Gasteiger partial charge in [-0.15, -0.1) is 0 Å². The molecule has 0 aromatic heterocycles. The maximum atomic E-state index is 11.7. The third kappa shape index (κ3) is 6.74. The molecule has 0 unspecified atom stereocenters. The second kappa shape index (κ2) is 6.85. The predicted molar refractivity (Wildman–Crippen MR) is 56.6 cm³/mol. The lowest BCUT2D eigenvalue weighted by Crippen LogP contribution is -2.29. The van der Waals surface area contributed by atoms with Crippen LogP contribution in [0, 0.1) is 0 Å². The zero-order chi connectivity index (χ0) is 13.4. The maximum Gasteiger partial charge on any atom is 0.411 e. The van der Waals surface area contributed by atoms with Gasteiger partial charge in [0, 0.05) is 0 Å². The molecule has 0 saturated heterocycles. The maximum absolute atomic E-state index is 11.7. The van der Waals surface area contributed by atoms with Gasteiger partial charge in [0.2, 0.25) is 0 Å². The Morgan fingerprint density at radius 3 is 2.50 bits per heavy atom. The molecule has 7 heteroatoms. The molecule has 0 heterocycles. The van der Waals surface area contributed by atoms with Crippen molar-refractivity contribution in [3.05, 3.63) is 35.9 Å². The lowest BCUT2D eigenvalue weighted by atomic mass is 10.2. The highest BCUT2D eigenvalue weighted by Crippen LogP contribution is 2.13. The topological polar surface area (TPSA) is 47.6 Å². The van der Waals surface area contributed by atoms with Crippen molar-refractivity contribution in [2.45, 2.75) is 12.8 Å². The smallest absolute Gasteiger partial charge is 0.411 e. The molecule has 0 aliphatic carbocycles. The number of halogens is 3. The summed E-state index contributed by atoms with van der Waals surface area (Å²) < 4.78 is 44.0. The number of ether oxygens (including phenoxy) is 2. The summed E-state index contributed by atoms with van der Waals surface area (Å²) >= 11 is 0. The Labute approximate surface area is 102 Å². The van der Waals surface area contributed by atoms with Crippen LogP contribution in [-0.4, -0.2) is 25.6 Å². The molecule has 4 nitrogen and oxygen atoms in total. The van der Waals surface area contributed by atoms with Crippen molar-refractivity contribution >= 4 is 6.09 Å². The minimum Gasteiger partial charge on any atom is -0.445 e. The van der Waals surface area contributed by atoms with Crippen LogP contribution in [0.25, 0.3) is 0 Å². The second-order valence-corrected chi connectivity index (χ2v) is 3.35. The summed E-state index contributed by atoms with van der Waals surface area (Å²) in [5.41, 5.74) is 0.781. The Kier molecular flexibility index (Phi) is 5.44. The summed E-state index contributed by atoms with van der Waals surface area (Å²) in [6.45, 7) is -1.91. The molecule has 1 aromatic carbocycles. The number of rotatable bonds is 5. The lowest BCUT2D eigenvalue weighted by Gasteiger charge is -2.09. The van der Waals surface area contributed by atoms with E-state index in [9.17, 15) is 18.0 Å². The van der Waals surface area contributed by atoms with Gasteiger partial charge in [-0.1, -0.05) is 30.3 Å². The highest BCUT2D eigenvalue weighted by atomic mass is 19.4. The average Bonchev–Trinajstić information content (AvgIpc) is 2.32. The van der Waals surface area contributed by atoms with Gasteiger partial charge in [0.05, 0.1) is 0 Å². The number of carbonyl (C=O) groups excluding carboxylic acids is 1. The number of hydrogen-bond acceptors (Lipinski definition) is 3. The highest BCUT2D eigenvalue weighted by Gasteiger charge is 2.27. The lowest BCUT2D eigenvalue weighted by molar-refractivity contribution is -0.175. The van der Waals surface area contributed by atoms with Crippen molar-refractivity contribution < 1.29 is 27.4 Å². The molecule has 1 aromatic rings. The van der Waals surface area contributed by atoms with E-state index in [-0.39, 0.29) is 6.61 Å². The van der Waals surface area contributed by atoms with Crippen LogP contribution in [0.2, 0.25) is 0 Å². The van der Waals surface area contributed by atoms with E-state index in [0.717, 1.165) is 5.56 Å². The van der Waals surface area contributed by atoms with Gasteiger partial charge in [-0.2, -0.15) is 13.2 Å². The number of alkyl halides is 3. The van der Waals surface area contributed by atoms with Crippen LogP contribution in [-0.2, 0) is 16.1 Å². The molecule has 0 radical (unpaired) electrons. The van der Waals surface area contributed by atoms with Crippen molar-refractivity contribution in [1.29, 1.82) is 0 Å². The van der Waals surface area contributed by atoms with E-state index in [0.29, 0.717) is 0 Å². The van der Waals surface area contributed by atoms with Crippen LogP contribution in [0.3, 0.4) is 0 Å². The van der Waals surface area contributed by atoms with Gasteiger partial charge in [0.15, 0.2) is 0 Å². The van der Waals surface area contributed by atoms with Crippen LogP contribution in [0.15, 0.2) is 30.3 Å². The molecular formula is C11H12F3NO3. The molecule has 1 amide bonds. The number of benzene rings is 1. The molecule has 0 saturated carbocycles. The Bertz CT molecular complexity index is 368. The largest absolute Gasteiger partial charge is 0.445 e. The van der Waals surface area contributed by atoms with E-state index in [2.05, 4.69) is 4.74 Å². The van der Waals surface area contributed by atoms with Crippen LogP contribution >= 0.6 is 0 Å². The molecule has 0 spiro atoms. The van der Waals surface area contributed by atoms with E-state index < -0.39 is 25.6 Å². The number of amides is 1. The standard InChI is InChI=1S/C11H12F3NO3/c12-11(13,14)7-17-8-15-10(16)18-6-9-4-2-1-3-5-9/h1-5H,6-8H2,(H,15,16). The van der Waals surface area contributed by atoms with Crippen LogP contribution in [0.5, 0.6) is 0 Å². The first-order valence-electron chi connectivity index (χ1n) is 5.06. The third-order valence-corrected chi connectivity index (χ3v) is 1.80. The molecular weight excluding hydrogens is 251 g/mol. The van der Waals surface area contributed by atoms with Gasteiger partial charge in [0.25, 0.3) is 0 Å². The number of alkyl carbamates (subject to hydrolysis) is 1. The molecule has 18 heavy (non-hydrogen) atoms. The molecule has 1 rings (SSSR count). The van der Waals surface area contributed by atoms with E-state index in [4.69, 9.17) is 4.74 Å². The fourth-order valence-electron chi connectivity index (χ4n) is 1.05. The van der Waals surface area contributed by atoms with Gasteiger partial charge in [-0.25, -0.2) is 4.79 Å². The quantitative estimate of drug-likeness (QED) is 0.655. The van der Waals surface area contributed by atoms with Crippen molar-refractivity contribution in [2.24, 2.45) is 0 Å². The Morgan fingerprint density at radius 1 is 1.22 bits per heavy atom. The van der Waals surface area contributed by atoms with E-state index in [1.54, 1.807) is 24.3 Å². The van der Waals surface area contributed by atoms with Crippen molar-refractivity contribution in [3.63, 3.8) is 0 Å². The van der Waals surface area contributed by atoms with Gasteiger partial charge in [-0.3, -0.25) is 5.32 Å². The average molecular weight is 263 g/mol. The summed E-state index contributed by atoms with van der Waals surface area (Å²) in [5, 5.41) is 2.04. The minimum absolute atomic E-state index is 0.0476. The molecule has 0 aliphatic heterocycles. The molecule has 0 aliphatic rings. The fraction of sp³-hybridized carbons (Fsp3) is 0.364. The SMILES string of the molecule is O=C(NCOCC(F)(F)F)OCc1ccccc1. The van der Waals surface area contributed by atoms with Crippen molar-refractivity contribution in [3.8, 4) is 0 Å². The summed E-state index contributed by atoms with van der Waals surface area (Å²) in [5.74, 6) is 0. The monoisotopic (exact) mass is 263 g/mol. The summed E-state index contributed by atoms with van der Waals surface area (Å²) in [7, 11) is 0. The molecule has 1 N–H and O–H groups in total. The van der Waals surface area contributed by atoms with E-state index in [1.165, 1.54) is 0 Å². The van der Waals surface area contributed by atoms with Crippen LogP contribution < -0.4 is 5.32 Å². The number of carbonyl (C=O) groups is 1. The predicted octanol–water partition coefficient (Wildman–Crippen LogP) is 2.45. The second-order valence-electron chi connectivity index (χ2n) is 3.35. The molecule has 0 fully saturated rings. The summed E-state index contributed by atoms with van der Waals surface area (Å²) in [6, 6.07) is 8.89. The summed E-state index contributed by atoms with van der Waals surface area (Å²) in [6.07, 6.45) is -5.24. The Morgan fingerprint density at radius 2 is 1.89 bits per heavy atom. The highest BCUT2D eigenvalue weighted by molar-refractivity contribution is 5.66. The minimum atomic E-state index is -4.41. The fourth-order valence-corrected chi connectivity index (χ4v) is 1.05. The molecule has 0 atom stereocenters. The van der Waals surface area contributed by atoms with E-state index >= 15 is 0 Å². The van der Waals surface area contributed by atoms with E-state index in [1.807, 2.05) is 11.4 Å². The molecule has 0 bridgehead atoms. The Balaban J connectivity index is 2.11. The zero-order valence-electron chi connectivity index (χ0n) is 9.37.